The Bertz CT molecular complexity index is 352. The second-order valence-electron chi connectivity index (χ2n) is 9.90. The molecule has 0 aromatic heterocycles. The Morgan fingerprint density at radius 3 is 1.37 bits per heavy atom. The number of rotatable bonds is 2. The topological polar surface area (TPSA) is 6.48 Å². The molecular formula is C25H54N2. The third kappa shape index (κ3) is 15.3. The molecule has 0 saturated carbocycles. The van der Waals surface area contributed by atoms with Crippen LogP contribution in [0.4, 0.5) is 0 Å². The predicted molar refractivity (Wildman–Crippen MR) is 127 cm³/mol. The Labute approximate surface area is 173 Å². The zero-order valence-electron chi connectivity index (χ0n) is 21.0. The van der Waals surface area contributed by atoms with Gasteiger partial charge in [0, 0.05) is 24.2 Å². The van der Waals surface area contributed by atoms with Gasteiger partial charge < -0.3 is 0 Å². The Morgan fingerprint density at radius 2 is 1.19 bits per heavy atom. The van der Waals surface area contributed by atoms with Gasteiger partial charge in [-0.05, 0) is 73.9 Å². The molecule has 0 unspecified atom stereocenters. The summed E-state index contributed by atoms with van der Waals surface area (Å²) in [4.78, 5) is 5.04. The van der Waals surface area contributed by atoms with Gasteiger partial charge in [0.2, 0.25) is 0 Å². The van der Waals surface area contributed by atoms with Crippen molar-refractivity contribution in [2.24, 2.45) is 0 Å². The monoisotopic (exact) mass is 382 g/mol. The number of nitrogens with zero attached hydrogens (tertiary/aromatic N) is 2. The molecule has 2 aliphatic heterocycles. The van der Waals surface area contributed by atoms with Crippen molar-refractivity contribution in [3.8, 4) is 0 Å². The summed E-state index contributed by atoms with van der Waals surface area (Å²) in [6, 6.07) is 0. The maximum absolute atomic E-state index is 2.55. The Kier molecular flexibility index (Phi) is 16.6. The molecule has 0 N–H and O–H groups in total. The minimum absolute atomic E-state index is 0.342. The first kappa shape index (κ1) is 28.9. The highest BCUT2D eigenvalue weighted by molar-refractivity contribution is 5.08. The lowest BCUT2D eigenvalue weighted by Crippen LogP contribution is -2.49. The fraction of sp³-hybridized carbons (Fsp3) is 0.920. The molecule has 164 valence electrons. The zero-order valence-corrected chi connectivity index (χ0v) is 21.0. The predicted octanol–water partition coefficient (Wildman–Crippen LogP) is 7.54. The molecule has 0 amide bonds. The molecule has 1 fully saturated rings. The van der Waals surface area contributed by atoms with Crippen LogP contribution in [0.1, 0.15) is 115 Å². The first-order valence-corrected chi connectivity index (χ1v) is 11.7. The first-order valence-electron chi connectivity index (χ1n) is 11.7. The van der Waals surface area contributed by atoms with Crippen LogP contribution in [0.15, 0.2) is 11.6 Å². The van der Waals surface area contributed by atoms with E-state index < -0.39 is 0 Å². The van der Waals surface area contributed by atoms with Crippen LogP contribution in [0.5, 0.6) is 0 Å². The second-order valence-corrected chi connectivity index (χ2v) is 9.90. The van der Waals surface area contributed by atoms with Crippen molar-refractivity contribution in [1.29, 1.82) is 0 Å². The SMILES string of the molecule is CC(C)(C)N1CCC1.CCC.CCC.CCCC1=CCN(C(C)(C)C)CC1. The molecular weight excluding hydrogens is 328 g/mol. The summed E-state index contributed by atoms with van der Waals surface area (Å²) in [5.41, 5.74) is 2.44. The van der Waals surface area contributed by atoms with Crippen LogP contribution in [0.3, 0.4) is 0 Å². The maximum Gasteiger partial charge on any atom is 0.0171 e. The van der Waals surface area contributed by atoms with Crippen LogP contribution >= 0.6 is 0 Å². The molecule has 2 aliphatic rings. The molecule has 0 spiro atoms. The lowest BCUT2D eigenvalue weighted by molar-refractivity contribution is 0.0690. The van der Waals surface area contributed by atoms with Crippen molar-refractivity contribution >= 4 is 0 Å². The van der Waals surface area contributed by atoms with E-state index in [2.05, 4.69) is 92.0 Å². The highest BCUT2D eigenvalue weighted by atomic mass is 15.2. The molecule has 2 heteroatoms. The van der Waals surface area contributed by atoms with E-state index >= 15 is 0 Å². The molecule has 2 rings (SSSR count). The Balaban J connectivity index is 0. The van der Waals surface area contributed by atoms with Crippen LogP contribution < -0.4 is 0 Å². The van der Waals surface area contributed by atoms with E-state index in [1.807, 2.05) is 0 Å². The summed E-state index contributed by atoms with van der Waals surface area (Å²) in [6.45, 7) is 29.5. The highest BCUT2D eigenvalue weighted by Crippen LogP contribution is 2.22. The quantitative estimate of drug-likeness (QED) is 0.455. The van der Waals surface area contributed by atoms with Crippen molar-refractivity contribution in [3.05, 3.63) is 11.6 Å². The van der Waals surface area contributed by atoms with Gasteiger partial charge in [0.05, 0.1) is 0 Å². The van der Waals surface area contributed by atoms with Crippen LogP contribution in [0.25, 0.3) is 0 Å². The fourth-order valence-corrected chi connectivity index (χ4v) is 2.86. The van der Waals surface area contributed by atoms with Gasteiger partial charge in [-0.2, -0.15) is 0 Å². The number of hydrogen-bond acceptors (Lipinski definition) is 2. The summed E-state index contributed by atoms with van der Waals surface area (Å²) in [5.74, 6) is 0. The van der Waals surface area contributed by atoms with E-state index in [0.29, 0.717) is 11.1 Å². The van der Waals surface area contributed by atoms with E-state index in [0.717, 1.165) is 6.54 Å². The summed E-state index contributed by atoms with van der Waals surface area (Å²) < 4.78 is 0. The Morgan fingerprint density at radius 1 is 0.741 bits per heavy atom. The smallest absolute Gasteiger partial charge is 0.0171 e. The van der Waals surface area contributed by atoms with Gasteiger partial charge in [-0.1, -0.05) is 65.5 Å². The van der Waals surface area contributed by atoms with Gasteiger partial charge in [-0.3, -0.25) is 9.80 Å². The molecule has 0 atom stereocenters. The third-order valence-corrected chi connectivity index (χ3v) is 4.63. The second kappa shape index (κ2) is 15.6. The van der Waals surface area contributed by atoms with Crippen LogP contribution in [-0.2, 0) is 0 Å². The van der Waals surface area contributed by atoms with Crippen molar-refractivity contribution in [3.63, 3.8) is 0 Å². The van der Waals surface area contributed by atoms with Gasteiger partial charge in [0.25, 0.3) is 0 Å². The third-order valence-electron chi connectivity index (χ3n) is 4.63. The van der Waals surface area contributed by atoms with Crippen molar-refractivity contribution < 1.29 is 0 Å². The van der Waals surface area contributed by atoms with E-state index in [4.69, 9.17) is 0 Å². The summed E-state index contributed by atoms with van der Waals surface area (Å²) in [7, 11) is 0. The van der Waals surface area contributed by atoms with Crippen molar-refractivity contribution in [1.82, 2.24) is 9.80 Å². The molecule has 0 radical (unpaired) electrons. The summed E-state index contributed by atoms with van der Waals surface area (Å²) >= 11 is 0. The summed E-state index contributed by atoms with van der Waals surface area (Å²) in [5, 5.41) is 0. The van der Waals surface area contributed by atoms with E-state index in [1.165, 1.54) is 58.2 Å². The fourth-order valence-electron chi connectivity index (χ4n) is 2.86. The molecule has 0 aliphatic carbocycles. The molecule has 27 heavy (non-hydrogen) atoms. The Hall–Kier alpha value is -0.340. The van der Waals surface area contributed by atoms with Gasteiger partial charge >= 0.3 is 0 Å². The molecule has 0 aromatic rings. The maximum atomic E-state index is 2.55. The largest absolute Gasteiger partial charge is 0.298 e. The lowest BCUT2D eigenvalue weighted by Gasteiger charge is -2.42. The average Bonchev–Trinajstić information content (AvgIpc) is 2.46. The normalized spacial score (nSPS) is 17.8. The van der Waals surface area contributed by atoms with Crippen molar-refractivity contribution in [2.45, 2.75) is 126 Å². The van der Waals surface area contributed by atoms with Crippen LogP contribution in [0, 0.1) is 0 Å². The molecule has 1 saturated heterocycles. The van der Waals surface area contributed by atoms with E-state index in [9.17, 15) is 0 Å². The molecule has 2 nitrogen and oxygen atoms in total. The highest BCUT2D eigenvalue weighted by Gasteiger charge is 2.25. The number of likely N-dealkylation sites (tertiary alicyclic amines) is 1. The van der Waals surface area contributed by atoms with Crippen molar-refractivity contribution in [2.75, 3.05) is 26.2 Å². The minimum Gasteiger partial charge on any atom is -0.298 e. The van der Waals surface area contributed by atoms with Gasteiger partial charge in [-0.25, -0.2) is 0 Å². The average molecular weight is 383 g/mol. The molecule has 0 bridgehead atoms. The zero-order chi connectivity index (χ0) is 21.5. The lowest BCUT2D eigenvalue weighted by atomic mass is 9.98. The van der Waals surface area contributed by atoms with Crippen LogP contribution in [0.2, 0.25) is 0 Å². The van der Waals surface area contributed by atoms with E-state index in [-0.39, 0.29) is 0 Å². The minimum atomic E-state index is 0.342. The molecule has 2 heterocycles. The van der Waals surface area contributed by atoms with Gasteiger partial charge in [-0.15, -0.1) is 0 Å². The molecule has 0 aromatic carbocycles. The van der Waals surface area contributed by atoms with Gasteiger partial charge in [0.15, 0.2) is 0 Å². The van der Waals surface area contributed by atoms with Crippen LogP contribution in [-0.4, -0.2) is 47.1 Å². The standard InChI is InChI=1S/C12H23N.C7H15N.2C3H8/c1-5-6-11-7-9-13(10-8-11)12(2,3)4;1-7(2,3)8-5-4-6-8;2*1-3-2/h7H,5-6,8-10H2,1-4H3;4-6H2,1-3H3;2*3H2,1-2H3. The summed E-state index contributed by atoms with van der Waals surface area (Å²) in [6.07, 6.45) is 10.2. The van der Waals surface area contributed by atoms with E-state index in [1.54, 1.807) is 5.57 Å². The first-order chi connectivity index (χ1) is 12.5. The number of hydrogen-bond donors (Lipinski definition) is 0. The van der Waals surface area contributed by atoms with Gasteiger partial charge in [0.1, 0.15) is 0 Å².